The Kier molecular flexibility index (Phi) is 6.96. The van der Waals surface area contributed by atoms with E-state index in [1.54, 1.807) is 31.4 Å². The summed E-state index contributed by atoms with van der Waals surface area (Å²) in [4.78, 5) is 35.0. The van der Waals surface area contributed by atoms with E-state index in [2.05, 4.69) is 15.5 Å². The lowest BCUT2D eigenvalue weighted by Gasteiger charge is -2.07. The lowest BCUT2D eigenvalue weighted by Crippen LogP contribution is -2.19. The Bertz CT molecular complexity index is 782. The summed E-state index contributed by atoms with van der Waals surface area (Å²) in [5.74, 6) is -0.138. The van der Waals surface area contributed by atoms with Crippen LogP contribution in [0.15, 0.2) is 34.2 Å². The molecule has 134 valence electrons. The number of thioether (sulfide) groups is 1. The summed E-state index contributed by atoms with van der Waals surface area (Å²) in [7, 11) is 1.60. The normalized spacial score (nSPS) is 10.6. The van der Waals surface area contributed by atoms with Crippen LogP contribution >= 0.6 is 11.8 Å². The minimum atomic E-state index is -0.307. The number of H-pyrrole nitrogens is 1. The zero-order chi connectivity index (χ0) is 18.2. The third-order valence-electron chi connectivity index (χ3n) is 3.36. The van der Waals surface area contributed by atoms with Crippen molar-refractivity contribution in [2.45, 2.75) is 25.0 Å². The van der Waals surface area contributed by atoms with Crippen LogP contribution in [0.3, 0.4) is 0 Å². The third-order valence-corrected chi connectivity index (χ3v) is 4.34. The van der Waals surface area contributed by atoms with Crippen LogP contribution in [-0.2, 0) is 16.1 Å². The van der Waals surface area contributed by atoms with E-state index in [4.69, 9.17) is 4.74 Å². The number of amides is 1. The Morgan fingerprint density at radius 2 is 2.04 bits per heavy atom. The van der Waals surface area contributed by atoms with Gasteiger partial charge in [0.15, 0.2) is 10.9 Å². The van der Waals surface area contributed by atoms with Crippen molar-refractivity contribution in [3.63, 3.8) is 0 Å². The van der Waals surface area contributed by atoms with E-state index in [1.165, 1.54) is 23.3 Å². The molecule has 25 heavy (non-hydrogen) atoms. The van der Waals surface area contributed by atoms with Crippen LogP contribution in [0.2, 0.25) is 0 Å². The minimum Gasteiger partial charge on any atom is -0.385 e. The van der Waals surface area contributed by atoms with Gasteiger partial charge in [-0.05, 0) is 37.6 Å². The number of hydrogen-bond donors (Lipinski definition) is 2. The number of rotatable bonds is 9. The lowest BCUT2D eigenvalue weighted by molar-refractivity contribution is -0.113. The first kappa shape index (κ1) is 18.9. The Morgan fingerprint density at radius 3 is 2.68 bits per heavy atom. The van der Waals surface area contributed by atoms with Crippen LogP contribution in [0.25, 0.3) is 0 Å². The maximum Gasteiger partial charge on any atom is 0.343 e. The minimum absolute atomic E-state index is 0.0293. The highest BCUT2D eigenvalue weighted by atomic mass is 32.2. The number of methoxy groups -OCH3 is 1. The summed E-state index contributed by atoms with van der Waals surface area (Å²) >= 11 is 1.17. The predicted octanol–water partition coefficient (Wildman–Crippen LogP) is 1.54. The number of Topliss-reactive ketones (excluding diaryl/α,β-unsaturated/α-hetero) is 1. The standard InChI is InChI=1S/C16H20N4O4S/c1-11(21)12-4-6-13(7-5-12)17-14(22)10-25-16-19-18-15(23)20(16)8-3-9-24-2/h4-7H,3,8-10H2,1-2H3,(H,17,22)(H,18,23). The molecule has 2 rings (SSSR count). The van der Waals surface area contributed by atoms with Gasteiger partial charge in [0.05, 0.1) is 5.75 Å². The zero-order valence-corrected chi connectivity index (χ0v) is 14.9. The number of carbonyl (C=O) groups excluding carboxylic acids is 2. The number of benzene rings is 1. The van der Waals surface area contributed by atoms with E-state index in [1.807, 2.05) is 0 Å². The first-order valence-corrected chi connectivity index (χ1v) is 8.67. The SMILES string of the molecule is COCCCn1c(SCC(=O)Nc2ccc(C(C)=O)cc2)n[nH]c1=O. The van der Waals surface area contributed by atoms with Crippen molar-refractivity contribution in [3.05, 3.63) is 40.3 Å². The molecule has 0 spiro atoms. The Morgan fingerprint density at radius 1 is 1.32 bits per heavy atom. The van der Waals surface area contributed by atoms with Gasteiger partial charge in [0.25, 0.3) is 0 Å². The molecule has 0 bridgehead atoms. The van der Waals surface area contributed by atoms with E-state index in [-0.39, 0.29) is 23.1 Å². The number of ether oxygens (including phenoxy) is 1. The van der Waals surface area contributed by atoms with E-state index in [0.717, 1.165) is 0 Å². The molecule has 2 N–H and O–H groups in total. The van der Waals surface area contributed by atoms with Crippen molar-refractivity contribution in [3.8, 4) is 0 Å². The maximum atomic E-state index is 12.0. The fraction of sp³-hybridized carbons (Fsp3) is 0.375. The van der Waals surface area contributed by atoms with Gasteiger partial charge in [0.2, 0.25) is 5.91 Å². The molecule has 1 aromatic heterocycles. The fourth-order valence-corrected chi connectivity index (χ4v) is 2.87. The summed E-state index contributed by atoms with van der Waals surface area (Å²) < 4.78 is 6.45. The Balaban J connectivity index is 1.89. The molecule has 0 saturated heterocycles. The molecule has 0 aliphatic carbocycles. The smallest absolute Gasteiger partial charge is 0.343 e. The maximum absolute atomic E-state index is 12.0. The molecule has 0 aliphatic rings. The quantitative estimate of drug-likeness (QED) is 0.397. The number of aromatic amines is 1. The van der Waals surface area contributed by atoms with Crippen LogP contribution in [-0.4, -0.2) is 45.9 Å². The monoisotopic (exact) mass is 364 g/mol. The van der Waals surface area contributed by atoms with E-state index < -0.39 is 0 Å². The highest BCUT2D eigenvalue weighted by Crippen LogP contribution is 2.15. The summed E-state index contributed by atoms with van der Waals surface area (Å²) in [6.45, 7) is 2.50. The number of hydrogen-bond acceptors (Lipinski definition) is 6. The topological polar surface area (TPSA) is 106 Å². The van der Waals surface area contributed by atoms with E-state index in [0.29, 0.717) is 36.0 Å². The second-order valence-corrected chi connectivity index (χ2v) is 6.22. The molecule has 2 aromatic rings. The van der Waals surface area contributed by atoms with Crippen LogP contribution in [0, 0.1) is 0 Å². The predicted molar refractivity (Wildman–Crippen MR) is 95.1 cm³/mol. The van der Waals surface area contributed by atoms with Gasteiger partial charge in [-0.3, -0.25) is 14.2 Å². The van der Waals surface area contributed by atoms with Gasteiger partial charge in [0, 0.05) is 31.5 Å². The van der Waals surface area contributed by atoms with Gasteiger partial charge in [-0.1, -0.05) is 11.8 Å². The van der Waals surface area contributed by atoms with Crippen LogP contribution < -0.4 is 11.0 Å². The summed E-state index contributed by atoms with van der Waals surface area (Å²) in [6, 6.07) is 6.67. The molecule has 8 nitrogen and oxygen atoms in total. The highest BCUT2D eigenvalue weighted by Gasteiger charge is 2.11. The van der Waals surface area contributed by atoms with E-state index in [9.17, 15) is 14.4 Å². The van der Waals surface area contributed by atoms with Gasteiger partial charge in [-0.2, -0.15) is 0 Å². The first-order chi connectivity index (χ1) is 12.0. The van der Waals surface area contributed by atoms with Crippen LogP contribution in [0.5, 0.6) is 0 Å². The van der Waals surface area contributed by atoms with Gasteiger partial charge in [-0.25, -0.2) is 9.89 Å². The number of nitrogens with zero attached hydrogens (tertiary/aromatic N) is 2. The second kappa shape index (κ2) is 9.19. The molecule has 0 atom stereocenters. The van der Waals surface area contributed by atoms with E-state index >= 15 is 0 Å². The highest BCUT2D eigenvalue weighted by molar-refractivity contribution is 7.99. The molecule has 0 fully saturated rings. The van der Waals surface area contributed by atoms with Crippen molar-refractivity contribution in [1.29, 1.82) is 0 Å². The molecule has 9 heteroatoms. The fourth-order valence-electron chi connectivity index (χ4n) is 2.09. The Hall–Kier alpha value is -2.39. The molecule has 1 aromatic carbocycles. The summed E-state index contributed by atoms with van der Waals surface area (Å²) in [5.41, 5.74) is 0.887. The third kappa shape index (κ3) is 5.57. The summed E-state index contributed by atoms with van der Waals surface area (Å²) in [6.07, 6.45) is 0.679. The molecule has 1 heterocycles. The largest absolute Gasteiger partial charge is 0.385 e. The number of ketones is 1. The molecule has 0 aliphatic heterocycles. The van der Waals surface area contributed by atoms with Gasteiger partial charge in [0.1, 0.15) is 0 Å². The molecule has 1 amide bonds. The second-order valence-electron chi connectivity index (χ2n) is 5.28. The molecule has 0 radical (unpaired) electrons. The van der Waals surface area contributed by atoms with Crippen molar-refractivity contribution in [2.24, 2.45) is 0 Å². The number of carbonyl (C=O) groups is 2. The average molecular weight is 364 g/mol. The number of anilines is 1. The van der Waals surface area contributed by atoms with Crippen molar-refractivity contribution < 1.29 is 14.3 Å². The van der Waals surface area contributed by atoms with Gasteiger partial charge >= 0.3 is 5.69 Å². The van der Waals surface area contributed by atoms with Crippen molar-refractivity contribution in [2.75, 3.05) is 24.8 Å². The average Bonchev–Trinajstić information content (AvgIpc) is 2.94. The van der Waals surface area contributed by atoms with Crippen molar-refractivity contribution >= 4 is 29.1 Å². The molecule has 0 unspecified atom stereocenters. The molecule has 0 saturated carbocycles. The Labute approximate surface area is 149 Å². The van der Waals surface area contributed by atoms with Gasteiger partial charge < -0.3 is 10.1 Å². The number of nitrogens with one attached hydrogen (secondary N) is 2. The molecular weight excluding hydrogens is 344 g/mol. The lowest BCUT2D eigenvalue weighted by atomic mass is 10.1. The van der Waals surface area contributed by atoms with Crippen LogP contribution in [0.4, 0.5) is 5.69 Å². The number of aromatic nitrogens is 3. The summed E-state index contributed by atoms with van der Waals surface area (Å²) in [5, 5.41) is 9.52. The zero-order valence-electron chi connectivity index (χ0n) is 14.1. The van der Waals surface area contributed by atoms with Crippen LogP contribution in [0.1, 0.15) is 23.7 Å². The van der Waals surface area contributed by atoms with Gasteiger partial charge in [-0.15, -0.1) is 5.10 Å². The van der Waals surface area contributed by atoms with Crippen molar-refractivity contribution in [1.82, 2.24) is 14.8 Å². The molecular formula is C16H20N4O4S. The first-order valence-electron chi connectivity index (χ1n) is 7.69.